The third-order valence-electron chi connectivity index (χ3n) is 5.48. The van der Waals surface area contributed by atoms with Crippen molar-refractivity contribution < 1.29 is 9.53 Å². The minimum atomic E-state index is -0.441. The maximum Gasteiger partial charge on any atom is 0.234 e. The lowest BCUT2D eigenvalue weighted by molar-refractivity contribution is -0.147. The molecule has 0 aromatic heterocycles. The van der Waals surface area contributed by atoms with Gasteiger partial charge in [-0.25, -0.2) is 0 Å². The quantitative estimate of drug-likeness (QED) is 0.740. The van der Waals surface area contributed by atoms with E-state index in [1.165, 1.54) is 0 Å². The Balaban J connectivity index is 1.70. The van der Waals surface area contributed by atoms with Crippen molar-refractivity contribution in [2.45, 2.75) is 38.8 Å². The molecule has 1 aliphatic heterocycles. The number of hydrogen-bond donors (Lipinski definition) is 0. The Bertz CT molecular complexity index is 797. The van der Waals surface area contributed by atoms with E-state index in [1.54, 1.807) is 0 Å². The molecule has 2 atom stereocenters. The first-order valence-corrected chi connectivity index (χ1v) is 9.24. The average molecular weight is 345 g/mol. The standard InChI is InChI=1S/C22H24BNO2/c1-22(2,3)18-12-24(13-19(23)26-18)21(25)20-16-10-6-4-8-14(16)15-9-5-7-11-17(15)20/h4-11,18-20H,12-13H2,1-3H3. The van der Waals surface area contributed by atoms with Crippen molar-refractivity contribution in [3.8, 4) is 11.1 Å². The van der Waals surface area contributed by atoms with Gasteiger partial charge in [0, 0.05) is 19.1 Å². The fourth-order valence-corrected chi connectivity index (χ4v) is 4.05. The molecule has 0 bridgehead atoms. The zero-order valence-corrected chi connectivity index (χ0v) is 15.6. The summed E-state index contributed by atoms with van der Waals surface area (Å²) in [5, 5.41) is 0. The summed E-state index contributed by atoms with van der Waals surface area (Å²) in [6.45, 7) is 7.39. The van der Waals surface area contributed by atoms with E-state index < -0.39 is 6.00 Å². The van der Waals surface area contributed by atoms with Gasteiger partial charge in [0.1, 0.15) is 7.85 Å². The molecule has 0 spiro atoms. The smallest absolute Gasteiger partial charge is 0.234 e. The van der Waals surface area contributed by atoms with Crippen LogP contribution < -0.4 is 0 Å². The summed E-state index contributed by atoms with van der Waals surface area (Å²) in [4.78, 5) is 15.5. The molecule has 1 heterocycles. The summed E-state index contributed by atoms with van der Waals surface area (Å²) in [6, 6.07) is 16.0. The van der Waals surface area contributed by atoms with Crippen LogP contribution in [0.25, 0.3) is 11.1 Å². The lowest BCUT2D eigenvalue weighted by Gasteiger charge is -2.43. The van der Waals surface area contributed by atoms with Gasteiger partial charge < -0.3 is 9.64 Å². The molecule has 4 heteroatoms. The molecule has 0 N–H and O–H groups in total. The molecule has 1 saturated heterocycles. The Morgan fingerprint density at radius 3 is 2.08 bits per heavy atom. The van der Waals surface area contributed by atoms with Gasteiger partial charge in [0.2, 0.25) is 5.91 Å². The number of benzene rings is 2. The highest BCUT2D eigenvalue weighted by Gasteiger charge is 2.40. The number of nitrogens with zero attached hydrogens (tertiary/aromatic N) is 1. The number of morpholine rings is 1. The minimum Gasteiger partial charge on any atom is -0.381 e. The zero-order chi connectivity index (χ0) is 18.5. The fraction of sp³-hybridized carbons (Fsp3) is 0.409. The largest absolute Gasteiger partial charge is 0.381 e. The Morgan fingerprint density at radius 2 is 1.54 bits per heavy atom. The van der Waals surface area contributed by atoms with Crippen molar-refractivity contribution in [2.75, 3.05) is 13.1 Å². The third kappa shape index (κ3) is 2.86. The molecule has 2 unspecified atom stereocenters. The van der Waals surface area contributed by atoms with Gasteiger partial charge in [-0.1, -0.05) is 69.3 Å². The lowest BCUT2D eigenvalue weighted by atomic mass is 9.85. The molecule has 0 saturated carbocycles. The summed E-state index contributed by atoms with van der Waals surface area (Å²) in [5.41, 5.74) is 4.43. The van der Waals surface area contributed by atoms with Gasteiger partial charge >= 0.3 is 0 Å². The van der Waals surface area contributed by atoms with Gasteiger partial charge in [-0.15, -0.1) is 0 Å². The maximum absolute atomic E-state index is 13.6. The number of carbonyl (C=O) groups is 1. The predicted molar refractivity (Wildman–Crippen MR) is 104 cm³/mol. The van der Waals surface area contributed by atoms with E-state index >= 15 is 0 Å². The molecule has 2 aromatic carbocycles. The van der Waals surface area contributed by atoms with Gasteiger partial charge in [0.15, 0.2) is 0 Å². The van der Waals surface area contributed by atoms with Gasteiger partial charge in [0.25, 0.3) is 0 Å². The molecule has 1 fully saturated rings. The van der Waals surface area contributed by atoms with Crippen LogP contribution in [0.5, 0.6) is 0 Å². The second-order valence-electron chi connectivity index (χ2n) is 8.38. The fourth-order valence-electron chi connectivity index (χ4n) is 4.05. The van der Waals surface area contributed by atoms with Gasteiger partial charge in [-0.2, -0.15) is 0 Å². The van der Waals surface area contributed by atoms with Gasteiger partial charge in [-0.05, 0) is 27.7 Å². The van der Waals surface area contributed by atoms with Crippen LogP contribution in [0.4, 0.5) is 0 Å². The summed E-state index contributed by atoms with van der Waals surface area (Å²) in [5.74, 6) is -0.135. The van der Waals surface area contributed by atoms with Crippen LogP contribution in [0, 0.1) is 5.41 Å². The zero-order valence-electron chi connectivity index (χ0n) is 15.6. The average Bonchev–Trinajstić information content (AvgIpc) is 2.94. The normalized spacial score (nSPS) is 22.8. The van der Waals surface area contributed by atoms with Crippen LogP contribution in [0.3, 0.4) is 0 Å². The predicted octanol–water partition coefficient (Wildman–Crippen LogP) is 3.57. The number of carbonyl (C=O) groups excluding carboxylic acids is 1. The van der Waals surface area contributed by atoms with E-state index in [1.807, 2.05) is 29.2 Å². The monoisotopic (exact) mass is 345 g/mol. The number of fused-ring (bicyclic) bond motifs is 3. The first-order valence-electron chi connectivity index (χ1n) is 9.24. The van der Waals surface area contributed by atoms with Crippen molar-refractivity contribution in [2.24, 2.45) is 5.41 Å². The van der Waals surface area contributed by atoms with Crippen LogP contribution in [0.2, 0.25) is 0 Å². The number of ether oxygens (including phenoxy) is 1. The molecule has 4 rings (SSSR count). The molecule has 3 nitrogen and oxygen atoms in total. The van der Waals surface area contributed by atoms with E-state index in [0.29, 0.717) is 13.1 Å². The van der Waals surface area contributed by atoms with Gasteiger partial charge in [0.05, 0.1) is 12.0 Å². The topological polar surface area (TPSA) is 29.5 Å². The highest BCUT2D eigenvalue weighted by molar-refractivity contribution is 6.11. The van der Waals surface area contributed by atoms with Crippen LogP contribution >= 0.6 is 0 Å². The van der Waals surface area contributed by atoms with Gasteiger partial charge in [-0.3, -0.25) is 4.79 Å². The number of rotatable bonds is 1. The van der Waals surface area contributed by atoms with Crippen molar-refractivity contribution >= 4 is 13.8 Å². The molecular weight excluding hydrogens is 321 g/mol. The summed E-state index contributed by atoms with van der Waals surface area (Å²) < 4.78 is 5.92. The van der Waals surface area contributed by atoms with Crippen molar-refractivity contribution in [1.82, 2.24) is 4.90 Å². The van der Waals surface area contributed by atoms with Crippen molar-refractivity contribution in [3.05, 3.63) is 59.7 Å². The van der Waals surface area contributed by atoms with E-state index in [2.05, 4.69) is 45.0 Å². The second-order valence-corrected chi connectivity index (χ2v) is 8.38. The van der Waals surface area contributed by atoms with Crippen LogP contribution in [-0.4, -0.2) is 43.9 Å². The molecule has 2 aliphatic rings. The number of amides is 1. The highest BCUT2D eigenvalue weighted by Crippen LogP contribution is 2.45. The maximum atomic E-state index is 13.6. The van der Waals surface area contributed by atoms with E-state index in [0.717, 1.165) is 22.3 Å². The second kappa shape index (κ2) is 6.28. The van der Waals surface area contributed by atoms with Crippen molar-refractivity contribution in [1.29, 1.82) is 0 Å². The Labute approximate surface area is 156 Å². The highest BCUT2D eigenvalue weighted by atomic mass is 16.5. The van der Waals surface area contributed by atoms with E-state index in [4.69, 9.17) is 12.6 Å². The molecule has 2 aromatic rings. The van der Waals surface area contributed by atoms with E-state index in [-0.39, 0.29) is 23.3 Å². The molecular formula is C22H24BNO2. The number of hydrogen-bond acceptors (Lipinski definition) is 2. The molecule has 1 amide bonds. The molecule has 2 radical (unpaired) electrons. The SMILES string of the molecule is [B]C1CN(C(=O)C2c3ccccc3-c3ccccc32)CC(C(C)(C)C)O1. The van der Waals surface area contributed by atoms with E-state index in [9.17, 15) is 4.79 Å². The van der Waals surface area contributed by atoms with Crippen LogP contribution in [-0.2, 0) is 9.53 Å². The molecule has 1 aliphatic carbocycles. The Hall–Kier alpha value is -2.07. The van der Waals surface area contributed by atoms with Crippen LogP contribution in [0.15, 0.2) is 48.5 Å². The molecule has 132 valence electrons. The Morgan fingerprint density at radius 1 is 1.00 bits per heavy atom. The van der Waals surface area contributed by atoms with Crippen molar-refractivity contribution in [3.63, 3.8) is 0 Å². The lowest BCUT2D eigenvalue weighted by Crippen LogP contribution is -2.55. The molecule has 26 heavy (non-hydrogen) atoms. The summed E-state index contributed by atoms with van der Waals surface area (Å²) >= 11 is 0. The Kier molecular flexibility index (Phi) is 4.19. The first-order chi connectivity index (χ1) is 12.4. The van der Waals surface area contributed by atoms with Crippen LogP contribution in [0.1, 0.15) is 37.8 Å². The first kappa shape index (κ1) is 17.4. The minimum absolute atomic E-state index is 0.0674. The third-order valence-corrected chi connectivity index (χ3v) is 5.48. The summed E-state index contributed by atoms with van der Waals surface area (Å²) in [7, 11) is 6.12. The summed E-state index contributed by atoms with van der Waals surface area (Å²) in [6.07, 6.45) is -0.0675.